The van der Waals surface area contributed by atoms with Crippen molar-refractivity contribution in [2.24, 2.45) is 5.84 Å². The maximum atomic E-state index is 12.7. The number of hydrogen-bond acceptors (Lipinski definition) is 3. The van der Waals surface area contributed by atoms with E-state index in [9.17, 15) is 4.39 Å². The predicted octanol–water partition coefficient (Wildman–Crippen LogP) is 0.798. The second kappa shape index (κ2) is 4.04. The SMILES string of the molecule is COc1ccc(F)cc1CNN. The number of halogens is 1. The van der Waals surface area contributed by atoms with Crippen LogP contribution in [0.25, 0.3) is 0 Å². The first-order valence-electron chi connectivity index (χ1n) is 3.54. The minimum Gasteiger partial charge on any atom is -0.496 e. The first-order valence-corrected chi connectivity index (χ1v) is 3.54. The summed E-state index contributed by atoms with van der Waals surface area (Å²) in [4.78, 5) is 0. The quantitative estimate of drug-likeness (QED) is 0.521. The fourth-order valence-corrected chi connectivity index (χ4v) is 0.995. The third-order valence-electron chi connectivity index (χ3n) is 1.53. The molecule has 4 heteroatoms. The molecule has 0 radical (unpaired) electrons. The molecule has 0 saturated heterocycles. The highest BCUT2D eigenvalue weighted by atomic mass is 19.1. The van der Waals surface area contributed by atoms with E-state index in [1.54, 1.807) is 6.07 Å². The Morgan fingerprint density at radius 3 is 2.92 bits per heavy atom. The standard InChI is InChI=1S/C8H11FN2O/c1-12-8-3-2-7(9)4-6(8)5-11-10/h2-4,11H,5,10H2,1H3. The first-order chi connectivity index (χ1) is 5.77. The van der Waals surface area contributed by atoms with E-state index in [0.717, 1.165) is 0 Å². The zero-order valence-corrected chi connectivity index (χ0v) is 6.80. The highest BCUT2D eigenvalue weighted by Gasteiger charge is 2.02. The molecular formula is C8H11FN2O. The highest BCUT2D eigenvalue weighted by molar-refractivity contribution is 5.33. The molecule has 12 heavy (non-hydrogen) atoms. The number of rotatable bonds is 3. The van der Waals surface area contributed by atoms with Crippen molar-refractivity contribution >= 4 is 0 Å². The number of methoxy groups -OCH3 is 1. The smallest absolute Gasteiger partial charge is 0.123 e. The lowest BCUT2D eigenvalue weighted by Gasteiger charge is -2.06. The predicted molar refractivity (Wildman–Crippen MR) is 44.0 cm³/mol. The largest absolute Gasteiger partial charge is 0.496 e. The Bertz CT molecular complexity index is 265. The van der Waals surface area contributed by atoms with Gasteiger partial charge in [0.25, 0.3) is 0 Å². The molecule has 66 valence electrons. The Morgan fingerprint density at radius 1 is 1.58 bits per heavy atom. The van der Waals surface area contributed by atoms with E-state index >= 15 is 0 Å². The molecule has 0 aromatic heterocycles. The molecule has 0 unspecified atom stereocenters. The Hall–Kier alpha value is -1.13. The fraction of sp³-hybridized carbons (Fsp3) is 0.250. The maximum Gasteiger partial charge on any atom is 0.123 e. The van der Waals surface area contributed by atoms with Crippen molar-refractivity contribution in [2.45, 2.75) is 6.54 Å². The van der Waals surface area contributed by atoms with Crippen molar-refractivity contribution in [2.75, 3.05) is 7.11 Å². The third kappa shape index (κ3) is 1.93. The molecule has 1 aromatic rings. The minimum atomic E-state index is -0.291. The van der Waals surface area contributed by atoms with Crippen LogP contribution >= 0.6 is 0 Å². The van der Waals surface area contributed by atoms with Crippen LogP contribution in [-0.2, 0) is 6.54 Å². The summed E-state index contributed by atoms with van der Waals surface area (Å²) in [5.41, 5.74) is 3.15. The van der Waals surface area contributed by atoms with E-state index in [0.29, 0.717) is 17.9 Å². The van der Waals surface area contributed by atoms with Crippen LogP contribution in [0.1, 0.15) is 5.56 Å². The maximum absolute atomic E-state index is 12.7. The molecule has 0 heterocycles. The number of nitrogens with two attached hydrogens (primary N) is 1. The van der Waals surface area contributed by atoms with Crippen molar-refractivity contribution < 1.29 is 9.13 Å². The summed E-state index contributed by atoms with van der Waals surface area (Å²) in [6, 6.07) is 4.31. The molecule has 3 N–H and O–H groups in total. The molecule has 0 saturated carbocycles. The summed E-state index contributed by atoms with van der Waals surface area (Å²) in [5.74, 6) is 5.45. The monoisotopic (exact) mass is 170 g/mol. The second-order valence-electron chi connectivity index (χ2n) is 2.34. The number of hydrazine groups is 1. The van der Waals surface area contributed by atoms with Gasteiger partial charge in [0.15, 0.2) is 0 Å². The van der Waals surface area contributed by atoms with E-state index in [1.807, 2.05) is 0 Å². The zero-order valence-electron chi connectivity index (χ0n) is 6.80. The van der Waals surface area contributed by atoms with Gasteiger partial charge in [-0.2, -0.15) is 0 Å². The number of nitrogens with one attached hydrogen (secondary N) is 1. The van der Waals surface area contributed by atoms with Crippen molar-refractivity contribution in [3.8, 4) is 5.75 Å². The molecule has 0 amide bonds. The van der Waals surface area contributed by atoms with Gasteiger partial charge in [-0.1, -0.05) is 0 Å². The Morgan fingerprint density at radius 2 is 2.33 bits per heavy atom. The van der Waals surface area contributed by atoms with Crippen LogP contribution in [0, 0.1) is 5.82 Å². The van der Waals surface area contributed by atoms with E-state index in [2.05, 4.69) is 5.43 Å². The molecule has 0 aliphatic heterocycles. The lowest BCUT2D eigenvalue weighted by atomic mass is 10.2. The number of hydrogen-bond donors (Lipinski definition) is 2. The van der Waals surface area contributed by atoms with Gasteiger partial charge < -0.3 is 4.74 Å². The topological polar surface area (TPSA) is 47.3 Å². The van der Waals surface area contributed by atoms with E-state index in [1.165, 1.54) is 19.2 Å². The van der Waals surface area contributed by atoms with Gasteiger partial charge in [-0.15, -0.1) is 0 Å². The molecule has 1 aromatic carbocycles. The molecular weight excluding hydrogens is 159 g/mol. The third-order valence-corrected chi connectivity index (χ3v) is 1.53. The van der Waals surface area contributed by atoms with Gasteiger partial charge in [-0.05, 0) is 18.2 Å². The number of benzene rings is 1. The van der Waals surface area contributed by atoms with Crippen molar-refractivity contribution in [1.82, 2.24) is 5.43 Å². The average molecular weight is 170 g/mol. The van der Waals surface area contributed by atoms with Crippen molar-refractivity contribution in [3.05, 3.63) is 29.6 Å². The molecule has 0 atom stereocenters. The molecule has 0 aliphatic carbocycles. The minimum absolute atomic E-state index is 0.291. The molecule has 0 spiro atoms. The van der Waals surface area contributed by atoms with Crippen LogP contribution in [0.5, 0.6) is 5.75 Å². The summed E-state index contributed by atoms with van der Waals surface area (Å²) in [6.07, 6.45) is 0. The van der Waals surface area contributed by atoms with Crippen molar-refractivity contribution in [3.63, 3.8) is 0 Å². The van der Waals surface area contributed by atoms with E-state index in [-0.39, 0.29) is 5.82 Å². The highest BCUT2D eigenvalue weighted by Crippen LogP contribution is 2.18. The van der Waals surface area contributed by atoms with Gasteiger partial charge in [-0.3, -0.25) is 11.3 Å². The van der Waals surface area contributed by atoms with Gasteiger partial charge in [0.05, 0.1) is 7.11 Å². The molecule has 0 fully saturated rings. The van der Waals surface area contributed by atoms with Crippen LogP contribution in [0.4, 0.5) is 4.39 Å². The van der Waals surface area contributed by atoms with Gasteiger partial charge in [0.2, 0.25) is 0 Å². The van der Waals surface area contributed by atoms with Crippen molar-refractivity contribution in [1.29, 1.82) is 0 Å². The summed E-state index contributed by atoms with van der Waals surface area (Å²) in [7, 11) is 1.53. The summed E-state index contributed by atoms with van der Waals surface area (Å²) in [6.45, 7) is 0.390. The number of ether oxygens (including phenoxy) is 1. The fourth-order valence-electron chi connectivity index (χ4n) is 0.995. The molecule has 1 rings (SSSR count). The van der Waals surface area contributed by atoms with Gasteiger partial charge in [0, 0.05) is 12.1 Å². The lowest BCUT2D eigenvalue weighted by molar-refractivity contribution is 0.406. The Labute approximate surface area is 70.3 Å². The summed E-state index contributed by atoms with van der Waals surface area (Å²) < 4.78 is 17.7. The van der Waals surface area contributed by atoms with Crippen LogP contribution < -0.4 is 16.0 Å². The van der Waals surface area contributed by atoms with Crippen LogP contribution in [0.3, 0.4) is 0 Å². The Kier molecular flexibility index (Phi) is 3.01. The molecule has 0 bridgehead atoms. The Balaban J connectivity index is 2.95. The van der Waals surface area contributed by atoms with E-state index < -0.39 is 0 Å². The lowest BCUT2D eigenvalue weighted by Crippen LogP contribution is -2.21. The van der Waals surface area contributed by atoms with Gasteiger partial charge >= 0.3 is 0 Å². The normalized spacial score (nSPS) is 9.92. The second-order valence-corrected chi connectivity index (χ2v) is 2.34. The van der Waals surface area contributed by atoms with E-state index in [4.69, 9.17) is 10.6 Å². The zero-order chi connectivity index (χ0) is 8.97. The summed E-state index contributed by atoms with van der Waals surface area (Å²) >= 11 is 0. The van der Waals surface area contributed by atoms with Gasteiger partial charge in [0.1, 0.15) is 11.6 Å². The summed E-state index contributed by atoms with van der Waals surface area (Å²) in [5, 5.41) is 0. The average Bonchev–Trinajstić information content (AvgIpc) is 2.05. The first kappa shape index (κ1) is 8.96. The van der Waals surface area contributed by atoms with Gasteiger partial charge in [-0.25, -0.2) is 4.39 Å². The molecule has 0 aliphatic rings. The van der Waals surface area contributed by atoms with Crippen LogP contribution in [0.2, 0.25) is 0 Å². The van der Waals surface area contributed by atoms with Crippen LogP contribution in [-0.4, -0.2) is 7.11 Å². The molecule has 3 nitrogen and oxygen atoms in total. The van der Waals surface area contributed by atoms with Crippen LogP contribution in [0.15, 0.2) is 18.2 Å².